The maximum atomic E-state index is 12.4. The number of unbranched alkanes of at least 4 members (excludes halogenated alkanes) is 12. The Labute approximate surface area is 316 Å². The highest BCUT2D eigenvalue weighted by Crippen LogP contribution is 2.36. The Kier molecular flexibility index (Phi) is 35.9. The van der Waals surface area contributed by atoms with Gasteiger partial charge in [0.15, 0.2) is 6.10 Å². The van der Waals surface area contributed by atoms with E-state index in [-0.39, 0.29) is 19.4 Å². The lowest BCUT2D eigenvalue weighted by molar-refractivity contribution is -0.161. The number of esters is 2. The summed E-state index contributed by atoms with van der Waals surface area (Å²) in [6.07, 6.45) is 50.2. The zero-order chi connectivity index (χ0) is 38.2. The van der Waals surface area contributed by atoms with Crippen LogP contribution in [0.4, 0.5) is 0 Å². The zero-order valence-corrected chi connectivity index (χ0v) is 33.3. The van der Waals surface area contributed by atoms with Crippen LogP contribution in [0.15, 0.2) is 85.1 Å². The van der Waals surface area contributed by atoms with Crippen LogP contribution in [-0.2, 0) is 28.2 Å². The molecule has 0 heterocycles. The Morgan fingerprint density at radius 1 is 0.519 bits per heavy atom. The van der Waals surface area contributed by atoms with E-state index in [9.17, 15) is 14.2 Å². The normalized spacial score (nSPS) is 13.4. The number of hydrogen-bond acceptors (Lipinski definition) is 6. The molecule has 0 aliphatic rings. The Morgan fingerprint density at radius 3 is 1.52 bits per heavy atom. The topological polar surface area (TPSA) is 119 Å². The van der Waals surface area contributed by atoms with Crippen molar-refractivity contribution in [2.75, 3.05) is 13.2 Å². The minimum Gasteiger partial charge on any atom is -0.462 e. The van der Waals surface area contributed by atoms with Gasteiger partial charge in [0, 0.05) is 12.8 Å². The number of phosphoric acid groups is 1. The number of phosphoric ester groups is 1. The maximum absolute atomic E-state index is 12.4. The van der Waals surface area contributed by atoms with Crippen molar-refractivity contribution in [2.24, 2.45) is 0 Å². The molecule has 0 aromatic heterocycles. The molecule has 0 aliphatic carbocycles. The van der Waals surface area contributed by atoms with Crippen molar-refractivity contribution in [2.45, 2.75) is 161 Å². The predicted octanol–water partition coefficient (Wildman–Crippen LogP) is 12.1. The molecule has 0 aromatic carbocycles. The third kappa shape index (κ3) is 40.0. The number of rotatable bonds is 35. The van der Waals surface area contributed by atoms with Gasteiger partial charge in [-0.1, -0.05) is 150 Å². The SMILES string of the molecule is CCCCC/C=C/C/C=C/C/C=C/C/C=C/C/C=C/CCC(=O)OC[C@H](COP(=O)(O)O)OC(=O)CCCCCCC/C=C/C=C/CCCCCC. The number of hydrogen-bond donors (Lipinski definition) is 2. The second-order valence-corrected chi connectivity index (χ2v) is 14.2. The van der Waals surface area contributed by atoms with Crippen LogP contribution in [0.1, 0.15) is 155 Å². The van der Waals surface area contributed by atoms with Crippen molar-refractivity contribution in [1.82, 2.24) is 0 Å². The molecular formula is C43H71O8P. The summed E-state index contributed by atoms with van der Waals surface area (Å²) in [6, 6.07) is 0. The maximum Gasteiger partial charge on any atom is 0.469 e. The summed E-state index contributed by atoms with van der Waals surface area (Å²) in [5, 5.41) is 0. The molecule has 0 bridgehead atoms. The molecular weight excluding hydrogens is 675 g/mol. The van der Waals surface area contributed by atoms with Crippen LogP contribution in [0.5, 0.6) is 0 Å². The van der Waals surface area contributed by atoms with E-state index < -0.39 is 32.5 Å². The molecule has 1 atom stereocenters. The Morgan fingerprint density at radius 2 is 0.962 bits per heavy atom. The molecule has 0 aromatic rings. The molecule has 0 rings (SSSR count). The molecule has 0 aliphatic heterocycles. The van der Waals surface area contributed by atoms with Crippen LogP contribution in [0.2, 0.25) is 0 Å². The molecule has 0 saturated carbocycles. The molecule has 9 heteroatoms. The Balaban J connectivity index is 4.13. The van der Waals surface area contributed by atoms with Gasteiger partial charge in [0.2, 0.25) is 0 Å². The van der Waals surface area contributed by atoms with Crippen LogP contribution in [0, 0.1) is 0 Å². The van der Waals surface area contributed by atoms with Crippen LogP contribution in [0.3, 0.4) is 0 Å². The van der Waals surface area contributed by atoms with Crippen LogP contribution >= 0.6 is 7.82 Å². The highest BCUT2D eigenvalue weighted by Gasteiger charge is 2.22. The molecule has 0 amide bonds. The highest BCUT2D eigenvalue weighted by molar-refractivity contribution is 7.46. The van der Waals surface area contributed by atoms with E-state index in [0.717, 1.165) is 64.2 Å². The summed E-state index contributed by atoms with van der Waals surface area (Å²) in [7, 11) is -4.78. The van der Waals surface area contributed by atoms with Crippen molar-refractivity contribution < 1.29 is 37.9 Å². The van der Waals surface area contributed by atoms with Gasteiger partial charge in [-0.2, -0.15) is 0 Å². The van der Waals surface area contributed by atoms with E-state index in [1.165, 1.54) is 51.4 Å². The van der Waals surface area contributed by atoms with E-state index in [1.54, 1.807) is 0 Å². The van der Waals surface area contributed by atoms with Crippen molar-refractivity contribution in [3.05, 3.63) is 85.1 Å². The molecule has 8 nitrogen and oxygen atoms in total. The lowest BCUT2D eigenvalue weighted by Crippen LogP contribution is -2.29. The third-order valence-electron chi connectivity index (χ3n) is 7.93. The number of allylic oxidation sites excluding steroid dienone is 14. The van der Waals surface area contributed by atoms with E-state index >= 15 is 0 Å². The van der Waals surface area contributed by atoms with Gasteiger partial charge in [0.25, 0.3) is 0 Å². The van der Waals surface area contributed by atoms with Gasteiger partial charge in [-0.05, 0) is 77.0 Å². The van der Waals surface area contributed by atoms with Gasteiger partial charge in [-0.3, -0.25) is 14.1 Å². The van der Waals surface area contributed by atoms with Gasteiger partial charge in [-0.15, -0.1) is 0 Å². The average Bonchev–Trinajstić information content (AvgIpc) is 3.11. The first-order valence-electron chi connectivity index (χ1n) is 19.9. The molecule has 296 valence electrons. The minimum absolute atomic E-state index is 0.136. The summed E-state index contributed by atoms with van der Waals surface area (Å²) >= 11 is 0. The number of carbonyl (C=O) groups excluding carboxylic acids is 2. The van der Waals surface area contributed by atoms with Crippen molar-refractivity contribution in [3.8, 4) is 0 Å². The van der Waals surface area contributed by atoms with Crippen molar-refractivity contribution >= 4 is 19.8 Å². The van der Waals surface area contributed by atoms with Crippen molar-refractivity contribution in [3.63, 3.8) is 0 Å². The summed E-state index contributed by atoms with van der Waals surface area (Å²) in [5.41, 5.74) is 0. The minimum atomic E-state index is -4.78. The van der Waals surface area contributed by atoms with Crippen LogP contribution < -0.4 is 0 Å². The van der Waals surface area contributed by atoms with Crippen LogP contribution in [-0.4, -0.2) is 41.0 Å². The molecule has 2 N–H and O–H groups in total. The molecule has 0 spiro atoms. The second kappa shape index (κ2) is 38.0. The largest absolute Gasteiger partial charge is 0.469 e. The van der Waals surface area contributed by atoms with Gasteiger partial charge in [-0.25, -0.2) is 4.57 Å². The smallest absolute Gasteiger partial charge is 0.462 e. The van der Waals surface area contributed by atoms with E-state index in [1.807, 2.05) is 12.2 Å². The fourth-order valence-electron chi connectivity index (χ4n) is 4.93. The van der Waals surface area contributed by atoms with Gasteiger partial charge in [0.1, 0.15) is 6.61 Å². The second-order valence-electron chi connectivity index (χ2n) is 12.9. The lowest BCUT2D eigenvalue weighted by Gasteiger charge is -2.18. The molecule has 0 unspecified atom stereocenters. The zero-order valence-electron chi connectivity index (χ0n) is 32.4. The van der Waals surface area contributed by atoms with E-state index in [0.29, 0.717) is 12.8 Å². The summed E-state index contributed by atoms with van der Waals surface area (Å²) in [5.74, 6) is -1.01. The van der Waals surface area contributed by atoms with E-state index in [2.05, 4.69) is 91.3 Å². The summed E-state index contributed by atoms with van der Waals surface area (Å²) < 4.78 is 26.2. The van der Waals surface area contributed by atoms with E-state index in [4.69, 9.17) is 19.3 Å². The molecule has 0 saturated heterocycles. The molecule has 0 radical (unpaired) electrons. The van der Waals surface area contributed by atoms with Gasteiger partial charge in [0.05, 0.1) is 6.61 Å². The van der Waals surface area contributed by atoms with Gasteiger partial charge >= 0.3 is 19.8 Å². The standard InChI is InChI=1S/C43H71O8P/c1-3-5-7-9-11-13-15-17-19-20-21-22-24-25-27-29-31-33-35-37-42(44)49-39-41(40-50-52(46,47)48)51-43(45)38-36-34-32-30-28-26-23-18-16-14-12-10-8-6-4-2/h11,13-14,16-19,21-23,25,27,31,33,41H,3-10,12,15,20,24,26,28-30,32,34-40H2,1-2H3,(H2,46,47,48)/b13-11+,16-14+,19-17+,22-21+,23-18+,27-25+,33-31+/t41-/m1/s1. The molecule has 0 fully saturated rings. The summed E-state index contributed by atoms with van der Waals surface area (Å²) in [6.45, 7) is 3.54. The quantitative estimate of drug-likeness (QED) is 0.0216. The first kappa shape index (κ1) is 49.2. The lowest BCUT2D eigenvalue weighted by atomic mass is 10.1. The number of carbonyl (C=O) groups is 2. The Bertz CT molecular complexity index is 1110. The Hall–Kier alpha value is -2.77. The molecule has 52 heavy (non-hydrogen) atoms. The van der Waals surface area contributed by atoms with Crippen LogP contribution in [0.25, 0.3) is 0 Å². The summed E-state index contributed by atoms with van der Waals surface area (Å²) in [4.78, 5) is 42.7. The predicted molar refractivity (Wildman–Crippen MR) is 216 cm³/mol. The van der Waals surface area contributed by atoms with Crippen molar-refractivity contribution in [1.29, 1.82) is 0 Å². The fourth-order valence-corrected chi connectivity index (χ4v) is 5.29. The van der Waals surface area contributed by atoms with Gasteiger partial charge < -0.3 is 19.3 Å². The highest BCUT2D eigenvalue weighted by atomic mass is 31.2. The fraction of sp³-hybridized carbons (Fsp3) is 0.628. The third-order valence-corrected chi connectivity index (χ3v) is 8.41. The monoisotopic (exact) mass is 746 g/mol. The first-order chi connectivity index (χ1) is 25.3. The first-order valence-corrected chi connectivity index (χ1v) is 21.4. The average molecular weight is 747 g/mol. The number of ether oxygens (including phenoxy) is 2.